The zero-order chi connectivity index (χ0) is 12.5. The normalized spacial score (nSPS) is 29.0. The van der Waals surface area contributed by atoms with Crippen LogP contribution in [0.1, 0.15) is 27.2 Å². The second-order valence-electron chi connectivity index (χ2n) is 5.17. The Hall–Kier alpha value is -0.940. The number of amidine groups is 1. The van der Waals surface area contributed by atoms with Gasteiger partial charge in [0.05, 0.1) is 6.61 Å². The lowest BCUT2D eigenvalue weighted by Crippen LogP contribution is -2.49. The highest BCUT2D eigenvalue weighted by Crippen LogP contribution is 2.18. The molecular formula is C12H21N3O2. The van der Waals surface area contributed by atoms with Gasteiger partial charge in [0.2, 0.25) is 0 Å². The highest BCUT2D eigenvalue weighted by molar-refractivity contribution is 6.09. The number of nitrogens with one attached hydrogen (secondary N) is 1. The molecule has 0 spiro atoms. The van der Waals surface area contributed by atoms with Gasteiger partial charge in [-0.2, -0.15) is 0 Å². The molecule has 1 fully saturated rings. The second-order valence-corrected chi connectivity index (χ2v) is 5.17. The molecule has 5 heteroatoms. The van der Waals surface area contributed by atoms with Gasteiger partial charge in [0.15, 0.2) is 0 Å². The fourth-order valence-electron chi connectivity index (χ4n) is 2.19. The number of carbonyl (C=O) groups excluding carboxylic acids is 1. The van der Waals surface area contributed by atoms with Crippen molar-refractivity contribution in [2.45, 2.75) is 38.8 Å². The maximum absolute atomic E-state index is 11.7. The Morgan fingerprint density at radius 1 is 1.59 bits per heavy atom. The highest BCUT2D eigenvalue weighted by Gasteiger charge is 2.38. The Balaban J connectivity index is 2.01. The first-order valence-corrected chi connectivity index (χ1v) is 6.28. The van der Waals surface area contributed by atoms with Crippen molar-refractivity contribution in [3.63, 3.8) is 0 Å². The average Bonchev–Trinajstić information content (AvgIpc) is 2.55. The Morgan fingerprint density at radius 2 is 2.35 bits per heavy atom. The molecule has 0 aliphatic carbocycles. The molecule has 17 heavy (non-hydrogen) atoms. The molecule has 0 aromatic rings. The van der Waals surface area contributed by atoms with Crippen LogP contribution >= 0.6 is 0 Å². The molecule has 0 bridgehead atoms. The smallest absolute Gasteiger partial charge is 0.252 e. The summed E-state index contributed by atoms with van der Waals surface area (Å²) >= 11 is 0. The summed E-state index contributed by atoms with van der Waals surface area (Å²) in [6, 6.07) is 0. The first kappa shape index (κ1) is 12.5. The van der Waals surface area contributed by atoms with E-state index in [9.17, 15) is 4.79 Å². The van der Waals surface area contributed by atoms with Crippen LogP contribution in [-0.4, -0.2) is 54.5 Å². The van der Waals surface area contributed by atoms with E-state index in [4.69, 9.17) is 4.74 Å². The van der Waals surface area contributed by atoms with Gasteiger partial charge >= 0.3 is 0 Å². The van der Waals surface area contributed by atoms with Gasteiger partial charge in [0.25, 0.3) is 5.91 Å². The van der Waals surface area contributed by atoms with Crippen LogP contribution in [0, 0.1) is 0 Å². The molecule has 0 aromatic carbocycles. The zero-order valence-electron chi connectivity index (χ0n) is 10.8. The van der Waals surface area contributed by atoms with E-state index in [1.54, 1.807) is 0 Å². The van der Waals surface area contributed by atoms with Crippen molar-refractivity contribution in [2.75, 3.05) is 26.2 Å². The van der Waals surface area contributed by atoms with Gasteiger partial charge < -0.3 is 10.1 Å². The summed E-state index contributed by atoms with van der Waals surface area (Å²) in [6.07, 6.45) is 1.05. The zero-order valence-corrected chi connectivity index (χ0v) is 10.8. The molecule has 0 radical (unpaired) electrons. The highest BCUT2D eigenvalue weighted by atomic mass is 16.5. The topological polar surface area (TPSA) is 53.9 Å². The molecule has 0 saturated carbocycles. The molecule has 1 unspecified atom stereocenters. The van der Waals surface area contributed by atoms with E-state index in [2.05, 4.69) is 22.1 Å². The molecule has 2 rings (SSSR count). The summed E-state index contributed by atoms with van der Waals surface area (Å²) in [7, 11) is 0. The molecule has 1 atom stereocenters. The minimum absolute atomic E-state index is 0.0382. The molecule has 2 heterocycles. The molecule has 1 amide bonds. The second kappa shape index (κ2) is 4.74. The SMILES string of the molecule is CCCN1CCOC(C2=NC(C)(C)C(=O)N2)C1. The van der Waals surface area contributed by atoms with Gasteiger partial charge in [-0.1, -0.05) is 6.92 Å². The summed E-state index contributed by atoms with van der Waals surface area (Å²) in [5, 5.41) is 2.84. The van der Waals surface area contributed by atoms with Crippen LogP contribution in [0.2, 0.25) is 0 Å². The maximum Gasteiger partial charge on any atom is 0.252 e. The summed E-state index contributed by atoms with van der Waals surface area (Å²) in [4.78, 5) is 18.4. The van der Waals surface area contributed by atoms with Crippen molar-refractivity contribution in [2.24, 2.45) is 4.99 Å². The number of carbonyl (C=O) groups is 1. The average molecular weight is 239 g/mol. The number of rotatable bonds is 3. The first-order chi connectivity index (χ1) is 8.03. The molecule has 2 aliphatic rings. The number of hydrogen-bond acceptors (Lipinski definition) is 4. The summed E-state index contributed by atoms with van der Waals surface area (Å²) < 4.78 is 5.69. The van der Waals surface area contributed by atoms with Crippen molar-refractivity contribution in [3.8, 4) is 0 Å². The number of hydrogen-bond donors (Lipinski definition) is 1. The van der Waals surface area contributed by atoms with Crippen LogP contribution in [-0.2, 0) is 9.53 Å². The molecule has 0 aromatic heterocycles. The van der Waals surface area contributed by atoms with Crippen molar-refractivity contribution in [1.82, 2.24) is 10.2 Å². The first-order valence-electron chi connectivity index (χ1n) is 6.28. The van der Waals surface area contributed by atoms with E-state index in [1.807, 2.05) is 13.8 Å². The van der Waals surface area contributed by atoms with Gasteiger partial charge in [0.1, 0.15) is 17.5 Å². The molecule has 1 N–H and O–H groups in total. The Morgan fingerprint density at radius 3 is 2.94 bits per heavy atom. The van der Waals surface area contributed by atoms with Gasteiger partial charge in [-0.15, -0.1) is 0 Å². The number of amides is 1. The summed E-state index contributed by atoms with van der Waals surface area (Å²) in [6.45, 7) is 9.38. The third kappa shape index (κ3) is 2.66. The van der Waals surface area contributed by atoms with Gasteiger partial charge in [0, 0.05) is 13.1 Å². The lowest BCUT2D eigenvalue weighted by atomic mass is 10.1. The van der Waals surface area contributed by atoms with Gasteiger partial charge in [-0.3, -0.25) is 14.7 Å². The standard InChI is InChI=1S/C12H21N3O2/c1-4-5-15-6-7-17-9(8-15)10-13-11(16)12(2,3)14-10/h9H,4-8H2,1-3H3,(H,13,14,16). The van der Waals surface area contributed by atoms with Gasteiger partial charge in [-0.25, -0.2) is 0 Å². The van der Waals surface area contributed by atoms with E-state index in [1.165, 1.54) is 0 Å². The molecule has 2 aliphatic heterocycles. The molecule has 96 valence electrons. The van der Waals surface area contributed by atoms with E-state index >= 15 is 0 Å². The van der Waals surface area contributed by atoms with E-state index in [0.717, 1.165) is 26.1 Å². The lowest BCUT2D eigenvalue weighted by Gasteiger charge is -2.32. The third-order valence-electron chi connectivity index (χ3n) is 3.19. The van der Waals surface area contributed by atoms with Crippen molar-refractivity contribution >= 4 is 11.7 Å². The Labute approximate surface area is 102 Å². The molecule has 1 saturated heterocycles. The minimum Gasteiger partial charge on any atom is -0.368 e. The van der Waals surface area contributed by atoms with Crippen LogP contribution in [0.15, 0.2) is 4.99 Å². The predicted octanol–water partition coefficient (Wildman–Crippen LogP) is 0.404. The lowest BCUT2D eigenvalue weighted by molar-refractivity contribution is -0.122. The number of aliphatic imine (C=N–C) groups is 1. The molecule has 5 nitrogen and oxygen atoms in total. The van der Waals surface area contributed by atoms with Crippen LogP contribution in [0.3, 0.4) is 0 Å². The van der Waals surface area contributed by atoms with Crippen LogP contribution < -0.4 is 5.32 Å². The fraction of sp³-hybridized carbons (Fsp3) is 0.833. The van der Waals surface area contributed by atoms with Crippen LogP contribution in [0.25, 0.3) is 0 Å². The predicted molar refractivity (Wildman–Crippen MR) is 66.1 cm³/mol. The van der Waals surface area contributed by atoms with Crippen LogP contribution in [0.5, 0.6) is 0 Å². The largest absolute Gasteiger partial charge is 0.368 e. The number of nitrogens with zero attached hydrogens (tertiary/aromatic N) is 2. The Kier molecular flexibility index (Phi) is 3.49. The third-order valence-corrected chi connectivity index (χ3v) is 3.19. The monoisotopic (exact) mass is 239 g/mol. The summed E-state index contributed by atoms with van der Waals surface area (Å²) in [5.74, 6) is 0.657. The number of ether oxygens (including phenoxy) is 1. The fourth-order valence-corrected chi connectivity index (χ4v) is 2.19. The maximum atomic E-state index is 11.7. The van der Waals surface area contributed by atoms with Crippen molar-refractivity contribution < 1.29 is 9.53 Å². The van der Waals surface area contributed by atoms with Gasteiger partial charge in [-0.05, 0) is 26.8 Å². The Bertz CT molecular complexity index is 337. The summed E-state index contributed by atoms with van der Waals surface area (Å²) in [5.41, 5.74) is -0.647. The number of morpholine rings is 1. The minimum atomic E-state index is -0.647. The quantitative estimate of drug-likeness (QED) is 0.776. The molecular weight excluding hydrogens is 218 g/mol. The van der Waals surface area contributed by atoms with E-state index in [-0.39, 0.29) is 12.0 Å². The van der Waals surface area contributed by atoms with E-state index < -0.39 is 5.54 Å². The van der Waals surface area contributed by atoms with Crippen molar-refractivity contribution in [3.05, 3.63) is 0 Å². The van der Waals surface area contributed by atoms with Crippen molar-refractivity contribution in [1.29, 1.82) is 0 Å². The van der Waals surface area contributed by atoms with E-state index in [0.29, 0.717) is 12.4 Å². The van der Waals surface area contributed by atoms with Crippen LogP contribution in [0.4, 0.5) is 0 Å².